The first kappa shape index (κ1) is 10.8. The number of carbonyl (C=O) groups is 1. The molecule has 0 aromatic heterocycles. The van der Waals surface area contributed by atoms with Gasteiger partial charge in [-0.05, 0) is 19.0 Å². The lowest BCUT2D eigenvalue weighted by Crippen LogP contribution is -2.07. The van der Waals surface area contributed by atoms with Gasteiger partial charge in [0.25, 0.3) is 0 Å². The molecule has 0 N–H and O–H groups in total. The normalized spacial score (nSPS) is 23.4. The molecule has 0 spiro atoms. The lowest BCUT2D eigenvalue weighted by Gasteiger charge is -1.82. The molecule has 0 aromatic carbocycles. The molecule has 1 atom stereocenters. The van der Waals surface area contributed by atoms with Crippen LogP contribution in [0, 0.1) is 0 Å². The first-order chi connectivity index (χ1) is 5.04. The van der Waals surface area contributed by atoms with Crippen LogP contribution in [0.25, 0.3) is 0 Å². The number of carbonyl (C=O) groups excluding carboxylic acids is 1. The maximum atomic E-state index is 10.5. The highest BCUT2D eigenvalue weighted by Gasteiger charge is 2.24. The van der Waals surface area contributed by atoms with Gasteiger partial charge in [-0.2, -0.15) is 13.2 Å². The summed E-state index contributed by atoms with van der Waals surface area (Å²) >= 11 is 3.30. The van der Waals surface area contributed by atoms with Crippen LogP contribution in [0.1, 0.15) is 19.3 Å². The van der Waals surface area contributed by atoms with Gasteiger partial charge in [-0.1, -0.05) is 0 Å². The van der Waals surface area contributed by atoms with E-state index in [1.165, 1.54) is 0 Å². The van der Waals surface area contributed by atoms with Gasteiger partial charge in [0.05, 0.1) is 0 Å². The summed E-state index contributed by atoms with van der Waals surface area (Å²) in [6, 6.07) is 0. The van der Waals surface area contributed by atoms with Crippen LogP contribution in [-0.4, -0.2) is 17.7 Å². The monoisotopic (exact) mass is 187 g/mol. The third-order valence-corrected chi connectivity index (χ3v) is 1.92. The second kappa shape index (κ2) is 5.46. The number of ketones is 1. The van der Waals surface area contributed by atoms with E-state index in [4.69, 9.17) is 0 Å². The molecule has 1 unspecified atom stereocenters. The maximum absolute atomic E-state index is 10.5. The Morgan fingerprint density at radius 1 is 1.45 bits per heavy atom. The average molecular weight is 187 g/mol. The van der Waals surface area contributed by atoms with E-state index in [0.717, 1.165) is 19.3 Å². The summed E-state index contributed by atoms with van der Waals surface area (Å²) in [5, 5.41) is 0.181. The smallest absolute Gasteiger partial charge is 0.294 e. The van der Waals surface area contributed by atoms with Gasteiger partial charge in [-0.15, -0.1) is 0 Å². The minimum Gasteiger partial charge on any atom is -0.294 e. The predicted octanol–water partition coefficient (Wildman–Crippen LogP) is 1.30. The number of alkyl halides is 3. The Morgan fingerprint density at radius 3 is 2.00 bits per heavy atom. The third kappa shape index (κ3) is 6.22. The fourth-order valence-corrected chi connectivity index (χ4v) is 1.16. The van der Waals surface area contributed by atoms with Crippen LogP contribution in [0.2, 0.25) is 0 Å². The Hall–Kier alpha value is -0.190. The topological polar surface area (TPSA) is 17.1 Å². The van der Waals surface area contributed by atoms with Crippen LogP contribution >= 0.6 is 0 Å². The molecular formula is C6H10F3OS+. The molecule has 0 amide bonds. The number of hydrogen-bond acceptors (Lipinski definition) is 1. The van der Waals surface area contributed by atoms with E-state index in [1.807, 2.05) is 0 Å². The summed E-state index contributed by atoms with van der Waals surface area (Å²) in [5.41, 5.74) is 0. The van der Waals surface area contributed by atoms with Crippen molar-refractivity contribution in [3.05, 3.63) is 0 Å². The summed E-state index contributed by atoms with van der Waals surface area (Å²) in [5.74, 6) is 0.372. The summed E-state index contributed by atoms with van der Waals surface area (Å²) < 4.78 is 29.0. The minimum atomic E-state index is -3.67. The zero-order valence-corrected chi connectivity index (χ0v) is 6.82. The average Bonchev–Trinajstić information content (AvgIpc) is 2.15. The quantitative estimate of drug-likeness (QED) is 0.522. The van der Waals surface area contributed by atoms with Gasteiger partial charge in [-0.25, -0.2) is 0 Å². The highest BCUT2D eigenvalue weighted by atomic mass is 32.1. The summed E-state index contributed by atoms with van der Waals surface area (Å²) in [4.78, 5) is 10.5. The third-order valence-electron chi connectivity index (χ3n) is 1.30. The van der Waals surface area contributed by atoms with Crippen molar-refractivity contribution < 1.29 is 18.0 Å². The predicted molar refractivity (Wildman–Crippen MR) is 39.9 cm³/mol. The molecule has 0 saturated heterocycles. The number of rotatable bonds is 0. The van der Waals surface area contributed by atoms with E-state index >= 15 is 0 Å². The fraction of sp³-hybridized carbons (Fsp3) is 0.833. The van der Waals surface area contributed by atoms with Crippen molar-refractivity contribution in [2.45, 2.75) is 31.2 Å². The Balaban J connectivity index is 0.000000218. The second-order valence-electron chi connectivity index (χ2n) is 2.16. The Kier molecular flexibility index (Phi) is 5.36. The second-order valence-corrected chi connectivity index (χ2v) is 2.86. The zero-order valence-electron chi connectivity index (χ0n) is 5.82. The molecule has 0 bridgehead atoms. The van der Waals surface area contributed by atoms with E-state index in [0.29, 0.717) is 5.78 Å². The molecule has 5 heteroatoms. The molecule has 0 aliphatic heterocycles. The number of halogens is 3. The molecule has 1 fully saturated rings. The molecule has 1 saturated carbocycles. The molecule has 1 rings (SSSR count). The van der Waals surface area contributed by atoms with E-state index < -0.39 is 6.68 Å². The first-order valence-electron chi connectivity index (χ1n) is 3.20. The van der Waals surface area contributed by atoms with Crippen molar-refractivity contribution in [3.8, 4) is 0 Å². The SMILES string of the molecule is FC(F)F.O=C1CCCC1[SH2+]. The van der Waals surface area contributed by atoms with E-state index in [-0.39, 0.29) is 5.25 Å². The van der Waals surface area contributed by atoms with E-state index in [9.17, 15) is 18.0 Å². The maximum Gasteiger partial charge on any atom is 0.379 e. The van der Waals surface area contributed by atoms with Gasteiger partial charge in [0.2, 0.25) is 0 Å². The molecule has 11 heavy (non-hydrogen) atoms. The van der Waals surface area contributed by atoms with Crippen molar-refractivity contribution >= 4 is 18.4 Å². The van der Waals surface area contributed by atoms with E-state index in [1.54, 1.807) is 0 Å². The van der Waals surface area contributed by atoms with Crippen LogP contribution in [0.15, 0.2) is 0 Å². The minimum absolute atomic E-state index is 0.181. The summed E-state index contributed by atoms with van der Waals surface area (Å²) in [6.45, 7) is -3.67. The van der Waals surface area contributed by atoms with Crippen LogP contribution in [0.3, 0.4) is 0 Å². The molecule has 1 aliphatic rings. The van der Waals surface area contributed by atoms with Crippen LogP contribution in [0.4, 0.5) is 13.2 Å². The largest absolute Gasteiger partial charge is 0.379 e. The van der Waals surface area contributed by atoms with Crippen LogP contribution in [0.5, 0.6) is 0 Å². The van der Waals surface area contributed by atoms with Crippen molar-refractivity contribution in [1.82, 2.24) is 0 Å². The van der Waals surface area contributed by atoms with Gasteiger partial charge in [0.15, 0.2) is 11.0 Å². The standard InChI is InChI=1S/C5H8OS.CHF3/c6-4-2-1-3-5(4)7;2-1(3)4/h5,7H,1-3H2;1H/p+1. The summed E-state index contributed by atoms with van der Waals surface area (Å²) in [7, 11) is 0. The zero-order chi connectivity index (χ0) is 8.85. The molecule has 0 aromatic rings. The van der Waals surface area contributed by atoms with Gasteiger partial charge < -0.3 is 0 Å². The molecule has 66 valence electrons. The number of Topliss-reactive ketones (excluding diaryl/α,β-unsaturated/α-hetero) is 1. The van der Waals surface area contributed by atoms with Gasteiger partial charge in [0.1, 0.15) is 0 Å². The highest BCUT2D eigenvalue weighted by Crippen LogP contribution is 2.13. The molecule has 0 heterocycles. The molecular weight excluding hydrogens is 177 g/mol. The Labute approximate surface area is 68.4 Å². The van der Waals surface area contributed by atoms with Gasteiger partial charge in [-0.3, -0.25) is 4.79 Å². The summed E-state index contributed by atoms with van der Waals surface area (Å²) in [6.07, 6.45) is 2.90. The Morgan fingerprint density at radius 2 is 1.91 bits per heavy atom. The lowest BCUT2D eigenvalue weighted by molar-refractivity contribution is -0.116. The van der Waals surface area contributed by atoms with Crippen molar-refractivity contribution in [3.63, 3.8) is 0 Å². The molecule has 1 aliphatic carbocycles. The highest BCUT2D eigenvalue weighted by molar-refractivity contribution is 7.60. The van der Waals surface area contributed by atoms with E-state index in [2.05, 4.69) is 12.6 Å². The first-order valence-corrected chi connectivity index (χ1v) is 3.78. The van der Waals surface area contributed by atoms with Crippen molar-refractivity contribution in [2.24, 2.45) is 0 Å². The number of hydrogen-bond donors (Lipinski definition) is 0. The molecule has 0 radical (unpaired) electrons. The Bertz CT molecular complexity index is 126. The molecule has 1 nitrogen and oxygen atoms in total. The van der Waals surface area contributed by atoms with Crippen LogP contribution < -0.4 is 0 Å². The van der Waals surface area contributed by atoms with Crippen molar-refractivity contribution in [2.75, 3.05) is 0 Å². The lowest BCUT2D eigenvalue weighted by atomic mass is 10.3. The van der Waals surface area contributed by atoms with Gasteiger partial charge >= 0.3 is 6.68 Å². The van der Waals surface area contributed by atoms with Crippen LogP contribution in [-0.2, 0) is 17.4 Å². The van der Waals surface area contributed by atoms with Gasteiger partial charge in [0, 0.05) is 12.8 Å². The fourth-order valence-electron chi connectivity index (χ4n) is 0.816. The van der Waals surface area contributed by atoms with Crippen molar-refractivity contribution in [1.29, 1.82) is 0 Å².